The van der Waals surface area contributed by atoms with Crippen molar-refractivity contribution in [1.29, 1.82) is 0 Å². The number of fused-ring (bicyclic) bond motifs is 3. The van der Waals surface area contributed by atoms with Gasteiger partial charge in [0.05, 0.1) is 22.5 Å². The molecule has 0 bridgehead atoms. The van der Waals surface area contributed by atoms with Gasteiger partial charge in [-0.1, -0.05) is 33.8 Å². The van der Waals surface area contributed by atoms with Gasteiger partial charge >= 0.3 is 0 Å². The second-order valence-corrected chi connectivity index (χ2v) is 11.1. The van der Waals surface area contributed by atoms with Gasteiger partial charge in [0.25, 0.3) is 11.5 Å². The number of rotatable bonds is 6. The van der Waals surface area contributed by atoms with Gasteiger partial charge in [-0.25, -0.2) is 10.4 Å². The maximum Gasteiger partial charge on any atom is 0.267 e. The molecule has 35 heavy (non-hydrogen) atoms. The molecule has 0 saturated carbocycles. The lowest BCUT2D eigenvalue weighted by Crippen LogP contribution is -2.24. The van der Waals surface area contributed by atoms with E-state index in [0.29, 0.717) is 10.9 Å². The van der Waals surface area contributed by atoms with Gasteiger partial charge < -0.3 is 0 Å². The quantitative estimate of drug-likeness (QED) is 0.151. The molecule has 3 heterocycles. The van der Waals surface area contributed by atoms with E-state index in [2.05, 4.69) is 31.4 Å². The number of thioether (sulfide) groups is 1. The van der Waals surface area contributed by atoms with Crippen LogP contribution in [0.2, 0.25) is 0 Å². The van der Waals surface area contributed by atoms with Crippen LogP contribution in [0.4, 0.5) is 0 Å². The lowest BCUT2D eigenvalue weighted by atomic mass is 9.97. The number of nitrogens with one attached hydrogen (secondary N) is 1. The summed E-state index contributed by atoms with van der Waals surface area (Å²) < 4.78 is 2.55. The van der Waals surface area contributed by atoms with Crippen molar-refractivity contribution in [3.8, 4) is 5.69 Å². The molecule has 0 radical (unpaired) electrons. The number of thiophene rings is 1. The summed E-state index contributed by atoms with van der Waals surface area (Å²) in [5.74, 6) is -0.205. The third-order valence-corrected chi connectivity index (χ3v) is 8.46. The van der Waals surface area contributed by atoms with Crippen LogP contribution in [0, 0.1) is 0 Å². The van der Waals surface area contributed by atoms with E-state index in [1.165, 1.54) is 16.6 Å². The number of carbonyl (C=O) groups excluding carboxylic acids is 1. The molecule has 7 nitrogen and oxygen atoms in total. The van der Waals surface area contributed by atoms with E-state index in [1.54, 1.807) is 28.3 Å². The lowest BCUT2D eigenvalue weighted by molar-refractivity contribution is -0.118. The number of hydrazone groups is 1. The number of aromatic nitrogens is 3. The highest BCUT2D eigenvalue weighted by molar-refractivity contribution is 9.10. The topological polar surface area (TPSA) is 89.2 Å². The van der Waals surface area contributed by atoms with Crippen LogP contribution in [0.1, 0.15) is 35.8 Å². The Bertz CT molecular complexity index is 1480. The first kappa shape index (κ1) is 23.9. The zero-order valence-electron chi connectivity index (χ0n) is 19.0. The minimum absolute atomic E-state index is 0.0728. The van der Waals surface area contributed by atoms with Crippen LogP contribution in [0.15, 0.2) is 68.3 Å². The molecule has 0 saturated heterocycles. The maximum absolute atomic E-state index is 13.8. The van der Waals surface area contributed by atoms with Gasteiger partial charge in [-0.15, -0.1) is 11.3 Å². The van der Waals surface area contributed by atoms with Crippen LogP contribution in [0.5, 0.6) is 0 Å². The molecule has 1 N–H and O–H groups in total. The van der Waals surface area contributed by atoms with Crippen molar-refractivity contribution in [3.63, 3.8) is 0 Å². The van der Waals surface area contributed by atoms with Gasteiger partial charge in [0.15, 0.2) is 5.16 Å². The molecular weight excluding hydrogens is 546 g/mol. The summed E-state index contributed by atoms with van der Waals surface area (Å²) in [6.45, 7) is 1.81. The number of hydrogen-bond acceptors (Lipinski definition) is 7. The summed E-state index contributed by atoms with van der Waals surface area (Å²) in [5.41, 5.74) is 5.87. The fraction of sp³-hybridized carbons (Fsp3) is 0.240. The third-order valence-electron chi connectivity index (χ3n) is 5.80. The van der Waals surface area contributed by atoms with Crippen LogP contribution >= 0.6 is 39.0 Å². The van der Waals surface area contributed by atoms with Gasteiger partial charge in [0.2, 0.25) is 0 Å². The molecular formula is C25H22BrN5O2S2. The van der Waals surface area contributed by atoms with E-state index in [9.17, 15) is 9.59 Å². The SMILES string of the molecule is CC(=NNC(=O)CSc1nc2sc3c(c2c(=O)n1-c1ccc(Br)cc1)CCCC3)c1cccnc1. The van der Waals surface area contributed by atoms with Crippen molar-refractivity contribution in [2.45, 2.75) is 37.8 Å². The van der Waals surface area contributed by atoms with Gasteiger partial charge in [-0.2, -0.15) is 5.10 Å². The zero-order chi connectivity index (χ0) is 24.4. The van der Waals surface area contributed by atoms with Crippen molar-refractivity contribution in [1.82, 2.24) is 20.0 Å². The Kier molecular flexibility index (Phi) is 7.12. The Morgan fingerprint density at radius 2 is 2.03 bits per heavy atom. The number of aryl methyl sites for hydroxylation is 2. The maximum atomic E-state index is 13.8. The molecule has 3 aromatic heterocycles. The van der Waals surface area contributed by atoms with E-state index in [0.717, 1.165) is 57.2 Å². The van der Waals surface area contributed by atoms with Gasteiger partial charge in [-0.05, 0) is 68.5 Å². The highest BCUT2D eigenvalue weighted by Crippen LogP contribution is 2.35. The lowest BCUT2D eigenvalue weighted by Gasteiger charge is -2.13. The second kappa shape index (κ2) is 10.4. The molecule has 1 aliphatic carbocycles. The zero-order valence-corrected chi connectivity index (χ0v) is 22.2. The molecule has 0 atom stereocenters. The molecule has 0 aliphatic heterocycles. The number of hydrogen-bond donors (Lipinski definition) is 1. The predicted octanol–water partition coefficient (Wildman–Crippen LogP) is 5.12. The number of pyridine rings is 1. The number of nitrogens with zero attached hydrogens (tertiary/aromatic N) is 4. The number of carbonyl (C=O) groups is 1. The molecule has 178 valence electrons. The molecule has 0 fully saturated rings. The summed E-state index contributed by atoms with van der Waals surface area (Å²) in [5, 5.41) is 5.39. The summed E-state index contributed by atoms with van der Waals surface area (Å²) in [6, 6.07) is 11.2. The fourth-order valence-corrected chi connectivity index (χ4v) is 6.42. The van der Waals surface area contributed by atoms with Crippen molar-refractivity contribution in [2.24, 2.45) is 5.10 Å². The Morgan fingerprint density at radius 1 is 1.23 bits per heavy atom. The largest absolute Gasteiger partial charge is 0.272 e. The first-order valence-electron chi connectivity index (χ1n) is 11.2. The highest BCUT2D eigenvalue weighted by atomic mass is 79.9. The normalized spacial score (nSPS) is 13.6. The average molecular weight is 569 g/mol. The molecule has 1 amide bonds. The van der Waals surface area contributed by atoms with Crippen LogP contribution in [-0.4, -0.2) is 31.9 Å². The van der Waals surface area contributed by atoms with Crippen LogP contribution in [-0.2, 0) is 17.6 Å². The molecule has 4 aromatic rings. The standard InChI is InChI=1S/C25H22BrN5O2S2/c1-15(16-5-4-12-27-13-16)29-30-21(32)14-34-25-28-23-22(19-6-2-3-7-20(19)35-23)24(33)31(25)18-10-8-17(26)9-11-18/h4-5,8-13H,2-3,6-7,14H2,1H3,(H,30,32). The van der Waals surface area contributed by atoms with Crippen molar-refractivity contribution in [3.05, 3.63) is 79.6 Å². The van der Waals surface area contributed by atoms with Crippen LogP contribution in [0.25, 0.3) is 15.9 Å². The predicted molar refractivity (Wildman–Crippen MR) is 145 cm³/mol. The fourth-order valence-electron chi connectivity index (χ4n) is 4.05. The van der Waals surface area contributed by atoms with Gasteiger partial charge in [-0.3, -0.25) is 19.1 Å². The third kappa shape index (κ3) is 5.10. The summed E-state index contributed by atoms with van der Waals surface area (Å²) >= 11 is 6.29. The molecule has 0 spiro atoms. The Hall–Kier alpha value is -2.82. The molecule has 5 rings (SSSR count). The minimum atomic E-state index is -0.277. The Balaban J connectivity index is 1.45. The number of halogens is 1. The van der Waals surface area contributed by atoms with E-state index >= 15 is 0 Å². The second-order valence-electron chi connectivity index (χ2n) is 8.16. The van der Waals surface area contributed by atoms with E-state index in [-0.39, 0.29) is 17.2 Å². The van der Waals surface area contributed by atoms with E-state index in [4.69, 9.17) is 4.98 Å². The number of amides is 1. The van der Waals surface area contributed by atoms with Gasteiger partial charge in [0, 0.05) is 27.3 Å². The molecule has 0 unspecified atom stereocenters. The van der Waals surface area contributed by atoms with E-state index in [1.807, 2.05) is 43.3 Å². The van der Waals surface area contributed by atoms with Crippen LogP contribution < -0.4 is 11.0 Å². The average Bonchev–Trinajstić information content (AvgIpc) is 3.26. The Labute approximate surface area is 218 Å². The summed E-state index contributed by atoms with van der Waals surface area (Å²) in [7, 11) is 0. The van der Waals surface area contributed by atoms with Gasteiger partial charge in [0.1, 0.15) is 4.83 Å². The van der Waals surface area contributed by atoms with Crippen LogP contribution in [0.3, 0.4) is 0 Å². The first-order valence-corrected chi connectivity index (χ1v) is 13.8. The minimum Gasteiger partial charge on any atom is -0.272 e. The summed E-state index contributed by atoms with van der Waals surface area (Å²) in [6.07, 6.45) is 7.51. The first-order chi connectivity index (χ1) is 17.0. The monoisotopic (exact) mass is 567 g/mol. The van der Waals surface area contributed by atoms with Crippen molar-refractivity contribution in [2.75, 3.05) is 5.75 Å². The molecule has 1 aromatic carbocycles. The van der Waals surface area contributed by atoms with Crippen molar-refractivity contribution < 1.29 is 4.79 Å². The highest BCUT2D eigenvalue weighted by Gasteiger charge is 2.23. The Morgan fingerprint density at radius 3 is 2.80 bits per heavy atom. The summed E-state index contributed by atoms with van der Waals surface area (Å²) in [4.78, 5) is 37.3. The molecule has 1 aliphatic rings. The smallest absolute Gasteiger partial charge is 0.267 e. The van der Waals surface area contributed by atoms with E-state index < -0.39 is 0 Å². The number of benzene rings is 1. The van der Waals surface area contributed by atoms with Crippen molar-refractivity contribution >= 4 is 60.9 Å². The molecule has 10 heteroatoms.